The van der Waals surface area contributed by atoms with Crippen LogP contribution in [0, 0.1) is 5.92 Å². The number of aliphatic carboxylic acids is 1. The van der Waals surface area contributed by atoms with Crippen LogP contribution in [0.15, 0.2) is 0 Å². The van der Waals surface area contributed by atoms with Gasteiger partial charge in [0, 0.05) is 13.1 Å². The molecule has 0 spiro atoms. The second-order valence-corrected chi connectivity index (χ2v) is 3.40. The van der Waals surface area contributed by atoms with Gasteiger partial charge in [-0.3, -0.25) is 9.59 Å². The van der Waals surface area contributed by atoms with E-state index in [9.17, 15) is 14.4 Å². The molecule has 0 radical (unpaired) electrons. The van der Waals surface area contributed by atoms with E-state index >= 15 is 0 Å². The summed E-state index contributed by atoms with van der Waals surface area (Å²) >= 11 is 0. The number of primary amides is 1. The number of carboxylic acids is 1. The second kappa shape index (κ2) is 6.65. The maximum Gasteiger partial charge on any atom is 0.317 e. The van der Waals surface area contributed by atoms with Crippen LogP contribution in [-0.4, -0.2) is 47.5 Å². The van der Waals surface area contributed by atoms with E-state index in [-0.39, 0.29) is 13.1 Å². The van der Waals surface area contributed by atoms with Crippen molar-refractivity contribution in [1.82, 2.24) is 10.2 Å². The summed E-state index contributed by atoms with van der Waals surface area (Å²) in [6.07, 6.45) is 0. The van der Waals surface area contributed by atoms with Crippen molar-refractivity contribution in [3.05, 3.63) is 0 Å². The Hall–Kier alpha value is -1.79. The van der Waals surface area contributed by atoms with E-state index in [4.69, 9.17) is 10.8 Å². The highest BCUT2D eigenvalue weighted by molar-refractivity contribution is 5.83. The molecule has 7 nitrogen and oxygen atoms in total. The zero-order valence-corrected chi connectivity index (χ0v) is 9.40. The monoisotopic (exact) mass is 231 g/mol. The molecular formula is C9H17N3O4. The lowest BCUT2D eigenvalue weighted by molar-refractivity contribution is -0.141. The Morgan fingerprint density at radius 3 is 2.38 bits per heavy atom. The fourth-order valence-corrected chi connectivity index (χ4v) is 1.04. The van der Waals surface area contributed by atoms with E-state index in [0.717, 1.165) is 0 Å². The first kappa shape index (κ1) is 14.2. The summed E-state index contributed by atoms with van der Waals surface area (Å²) in [5.74, 6) is -2.27. The largest absolute Gasteiger partial charge is 0.481 e. The number of hydrogen-bond acceptors (Lipinski definition) is 3. The standard InChI is InChI=1S/C9H17N3O4/c1-3-12(5-6(2)8(14)15)9(16)11-4-7(10)13/h6H,3-5H2,1-2H3,(H2,10,13)(H,11,16)(H,14,15). The van der Waals surface area contributed by atoms with E-state index in [1.807, 2.05) is 0 Å². The van der Waals surface area contributed by atoms with E-state index in [1.54, 1.807) is 6.92 Å². The van der Waals surface area contributed by atoms with Crippen LogP contribution in [0.1, 0.15) is 13.8 Å². The summed E-state index contributed by atoms with van der Waals surface area (Å²) in [5, 5.41) is 11.0. The Balaban J connectivity index is 4.21. The average molecular weight is 231 g/mol. The molecule has 0 bridgehead atoms. The number of carbonyl (C=O) groups is 3. The maximum absolute atomic E-state index is 11.5. The van der Waals surface area contributed by atoms with Crippen molar-refractivity contribution in [3.63, 3.8) is 0 Å². The first-order valence-electron chi connectivity index (χ1n) is 4.92. The van der Waals surface area contributed by atoms with Gasteiger partial charge in [0.25, 0.3) is 0 Å². The van der Waals surface area contributed by atoms with Gasteiger partial charge < -0.3 is 21.1 Å². The molecule has 0 saturated heterocycles. The number of nitrogens with zero attached hydrogens (tertiary/aromatic N) is 1. The van der Waals surface area contributed by atoms with Gasteiger partial charge in [-0.05, 0) is 6.92 Å². The van der Waals surface area contributed by atoms with Gasteiger partial charge in [0.1, 0.15) is 0 Å². The highest BCUT2D eigenvalue weighted by Crippen LogP contribution is 2.00. The fourth-order valence-electron chi connectivity index (χ4n) is 1.04. The summed E-state index contributed by atoms with van der Waals surface area (Å²) in [6, 6.07) is -0.491. The minimum Gasteiger partial charge on any atom is -0.481 e. The van der Waals surface area contributed by atoms with Crippen molar-refractivity contribution in [2.24, 2.45) is 11.7 Å². The van der Waals surface area contributed by atoms with Crippen LogP contribution < -0.4 is 11.1 Å². The molecule has 92 valence electrons. The van der Waals surface area contributed by atoms with Crippen LogP contribution in [0.25, 0.3) is 0 Å². The third kappa shape index (κ3) is 5.18. The van der Waals surface area contributed by atoms with Crippen LogP contribution in [-0.2, 0) is 9.59 Å². The summed E-state index contributed by atoms with van der Waals surface area (Å²) < 4.78 is 0. The minimum atomic E-state index is -0.971. The molecule has 0 aliphatic carbocycles. The van der Waals surface area contributed by atoms with Crippen molar-refractivity contribution in [3.8, 4) is 0 Å². The third-order valence-electron chi connectivity index (χ3n) is 2.00. The Labute approximate surface area is 93.6 Å². The zero-order valence-electron chi connectivity index (χ0n) is 9.40. The molecule has 0 aromatic heterocycles. The van der Waals surface area contributed by atoms with Gasteiger partial charge >= 0.3 is 12.0 Å². The number of nitrogens with one attached hydrogen (secondary N) is 1. The minimum absolute atomic E-state index is 0.0937. The number of rotatable bonds is 6. The van der Waals surface area contributed by atoms with Gasteiger partial charge in [-0.25, -0.2) is 4.79 Å². The maximum atomic E-state index is 11.5. The molecule has 4 N–H and O–H groups in total. The molecule has 0 aliphatic rings. The van der Waals surface area contributed by atoms with Crippen LogP contribution in [0.4, 0.5) is 4.79 Å². The van der Waals surface area contributed by atoms with Gasteiger partial charge in [-0.1, -0.05) is 6.92 Å². The molecular weight excluding hydrogens is 214 g/mol. The Kier molecular flexibility index (Phi) is 5.91. The summed E-state index contributed by atoms with van der Waals surface area (Å²) in [4.78, 5) is 33.8. The van der Waals surface area contributed by atoms with Gasteiger partial charge in [-0.15, -0.1) is 0 Å². The number of carboxylic acid groups (broad SMARTS) is 1. The molecule has 0 saturated carbocycles. The molecule has 7 heteroatoms. The Morgan fingerprint density at radius 1 is 1.44 bits per heavy atom. The smallest absolute Gasteiger partial charge is 0.317 e. The van der Waals surface area contributed by atoms with Crippen molar-refractivity contribution in [2.45, 2.75) is 13.8 Å². The van der Waals surface area contributed by atoms with E-state index < -0.39 is 23.8 Å². The topological polar surface area (TPSA) is 113 Å². The number of urea groups is 1. The summed E-state index contributed by atoms with van der Waals surface area (Å²) in [5.41, 5.74) is 4.87. The number of amides is 3. The van der Waals surface area contributed by atoms with Gasteiger partial charge in [-0.2, -0.15) is 0 Å². The molecule has 1 unspecified atom stereocenters. The molecule has 0 rings (SSSR count). The first-order valence-corrected chi connectivity index (χ1v) is 4.92. The van der Waals surface area contributed by atoms with Crippen molar-refractivity contribution in [1.29, 1.82) is 0 Å². The van der Waals surface area contributed by atoms with Crippen LogP contribution in [0.5, 0.6) is 0 Å². The van der Waals surface area contributed by atoms with Crippen molar-refractivity contribution < 1.29 is 19.5 Å². The normalized spacial score (nSPS) is 11.6. The average Bonchev–Trinajstić information content (AvgIpc) is 2.21. The highest BCUT2D eigenvalue weighted by atomic mass is 16.4. The third-order valence-corrected chi connectivity index (χ3v) is 2.00. The molecule has 0 fully saturated rings. The predicted octanol–water partition coefficient (Wildman–Crippen LogP) is -0.776. The summed E-state index contributed by atoms with van der Waals surface area (Å²) in [6.45, 7) is 3.43. The molecule has 3 amide bonds. The molecule has 16 heavy (non-hydrogen) atoms. The number of nitrogens with two attached hydrogens (primary N) is 1. The lowest BCUT2D eigenvalue weighted by Crippen LogP contribution is -2.45. The molecule has 0 aliphatic heterocycles. The lowest BCUT2D eigenvalue weighted by Gasteiger charge is -2.22. The van der Waals surface area contributed by atoms with Crippen LogP contribution in [0.3, 0.4) is 0 Å². The lowest BCUT2D eigenvalue weighted by atomic mass is 10.2. The summed E-state index contributed by atoms with van der Waals surface area (Å²) in [7, 11) is 0. The quantitative estimate of drug-likeness (QED) is 0.556. The Morgan fingerprint density at radius 2 is 2.00 bits per heavy atom. The first-order chi connectivity index (χ1) is 7.38. The van der Waals surface area contributed by atoms with Gasteiger partial charge in [0.05, 0.1) is 12.5 Å². The number of carbonyl (C=O) groups excluding carboxylic acids is 2. The van der Waals surface area contributed by atoms with Crippen molar-refractivity contribution >= 4 is 17.9 Å². The Bertz CT molecular complexity index is 280. The van der Waals surface area contributed by atoms with E-state index in [2.05, 4.69) is 5.32 Å². The highest BCUT2D eigenvalue weighted by Gasteiger charge is 2.19. The number of hydrogen-bond donors (Lipinski definition) is 3. The van der Waals surface area contributed by atoms with Crippen molar-refractivity contribution in [2.75, 3.05) is 19.6 Å². The van der Waals surface area contributed by atoms with Crippen LogP contribution in [0.2, 0.25) is 0 Å². The van der Waals surface area contributed by atoms with E-state index in [0.29, 0.717) is 6.54 Å². The van der Waals surface area contributed by atoms with Gasteiger partial charge in [0.2, 0.25) is 5.91 Å². The van der Waals surface area contributed by atoms with Gasteiger partial charge in [0.15, 0.2) is 0 Å². The van der Waals surface area contributed by atoms with E-state index in [1.165, 1.54) is 11.8 Å². The molecule has 1 atom stereocenters. The molecule has 0 heterocycles. The SMILES string of the molecule is CCN(CC(C)C(=O)O)C(=O)NCC(N)=O. The van der Waals surface area contributed by atoms with Crippen LogP contribution >= 0.6 is 0 Å². The second-order valence-electron chi connectivity index (χ2n) is 3.40. The molecule has 0 aromatic carbocycles. The molecule has 0 aromatic rings. The predicted molar refractivity (Wildman–Crippen MR) is 56.6 cm³/mol. The zero-order chi connectivity index (χ0) is 12.7. The fraction of sp³-hybridized carbons (Fsp3) is 0.667.